The first kappa shape index (κ1) is 20.3. The van der Waals surface area contributed by atoms with Gasteiger partial charge in [-0.05, 0) is 5.56 Å². The number of nitrogens with zero attached hydrogens (tertiary/aromatic N) is 4. The largest absolute Gasteiger partial charge is 0.479 e. The number of fused-ring (bicyclic) bond motifs is 4. The summed E-state index contributed by atoms with van der Waals surface area (Å²) in [6.07, 6.45) is 2.42. The van der Waals surface area contributed by atoms with Crippen molar-refractivity contribution >= 4 is 22.1 Å². The third-order valence-corrected chi connectivity index (χ3v) is 5.57. The summed E-state index contributed by atoms with van der Waals surface area (Å²) in [5.41, 5.74) is 1.73. The number of carbonyl (C=O) groups excluding carboxylic acids is 1. The minimum atomic E-state index is -3.64. The van der Waals surface area contributed by atoms with Crippen LogP contribution in [0.1, 0.15) is 28.9 Å². The SMILES string of the molecule is CS(=O)(=O)OCCn1ncc2c1[C@@H](C(=O)O)N1C[C@@H]2N(OCc2ccccc2)C1=O. The molecule has 0 unspecified atom stereocenters. The summed E-state index contributed by atoms with van der Waals surface area (Å²) in [6.45, 7) is 0.126. The average molecular weight is 436 g/mol. The number of hydrogen-bond acceptors (Lipinski definition) is 7. The number of aromatic nitrogens is 2. The molecule has 1 saturated heterocycles. The molecule has 1 N–H and O–H groups in total. The fraction of sp³-hybridized carbons (Fsp3) is 0.389. The molecule has 1 aromatic heterocycles. The lowest BCUT2D eigenvalue weighted by molar-refractivity contribution is -0.143. The molecule has 2 bridgehead atoms. The van der Waals surface area contributed by atoms with Gasteiger partial charge in [-0.3, -0.25) is 13.7 Å². The van der Waals surface area contributed by atoms with Gasteiger partial charge in [0, 0.05) is 5.56 Å². The van der Waals surface area contributed by atoms with E-state index in [1.807, 2.05) is 30.3 Å². The Hall–Kier alpha value is -2.96. The maximum absolute atomic E-state index is 12.9. The van der Waals surface area contributed by atoms with Crippen molar-refractivity contribution in [3.8, 4) is 0 Å². The maximum atomic E-state index is 12.9. The second-order valence-corrected chi connectivity index (χ2v) is 8.65. The van der Waals surface area contributed by atoms with Crippen LogP contribution in [-0.4, -0.2) is 64.7 Å². The van der Waals surface area contributed by atoms with E-state index < -0.39 is 34.2 Å². The molecule has 2 amide bonds. The van der Waals surface area contributed by atoms with Crippen LogP contribution in [0.2, 0.25) is 0 Å². The summed E-state index contributed by atoms with van der Waals surface area (Å²) >= 11 is 0. The number of rotatable bonds is 8. The normalized spacial score (nSPS) is 20.5. The Morgan fingerprint density at radius 2 is 2.03 bits per heavy atom. The average Bonchev–Trinajstić information content (AvgIpc) is 3.21. The van der Waals surface area contributed by atoms with E-state index in [4.69, 9.17) is 9.02 Å². The summed E-state index contributed by atoms with van der Waals surface area (Å²) in [7, 11) is -3.64. The van der Waals surface area contributed by atoms with Crippen LogP contribution in [0.25, 0.3) is 0 Å². The molecule has 3 heterocycles. The molecule has 160 valence electrons. The number of carboxylic acids is 1. The number of aliphatic carboxylic acids is 1. The molecule has 12 heteroatoms. The first-order chi connectivity index (χ1) is 14.3. The molecule has 4 rings (SSSR count). The van der Waals surface area contributed by atoms with Gasteiger partial charge < -0.3 is 10.0 Å². The van der Waals surface area contributed by atoms with Gasteiger partial charge in [-0.15, -0.1) is 0 Å². The summed E-state index contributed by atoms with van der Waals surface area (Å²) < 4.78 is 28.5. The lowest BCUT2D eigenvalue weighted by Gasteiger charge is -2.28. The van der Waals surface area contributed by atoms with E-state index in [1.165, 1.54) is 20.8 Å². The molecule has 2 aromatic rings. The molecule has 11 nitrogen and oxygen atoms in total. The van der Waals surface area contributed by atoms with Gasteiger partial charge in [0.15, 0.2) is 6.04 Å². The molecule has 30 heavy (non-hydrogen) atoms. The molecule has 2 aliphatic heterocycles. The topological polar surface area (TPSA) is 131 Å². The molecular formula is C18H20N4O7S. The first-order valence-corrected chi connectivity index (χ1v) is 11.0. The van der Waals surface area contributed by atoms with Crippen LogP contribution < -0.4 is 0 Å². The lowest BCUT2D eigenvalue weighted by atomic mass is 9.98. The van der Waals surface area contributed by atoms with Crippen LogP contribution in [0.5, 0.6) is 0 Å². The number of carboxylic acid groups (broad SMARTS) is 1. The maximum Gasteiger partial charge on any atom is 0.345 e. The number of hydrogen-bond donors (Lipinski definition) is 1. The van der Waals surface area contributed by atoms with E-state index in [0.717, 1.165) is 11.8 Å². The van der Waals surface area contributed by atoms with Gasteiger partial charge in [0.2, 0.25) is 0 Å². The Labute approximate surface area is 172 Å². The predicted octanol–water partition coefficient (Wildman–Crippen LogP) is 0.909. The molecule has 1 fully saturated rings. The molecule has 0 spiro atoms. The Bertz CT molecular complexity index is 1070. The van der Waals surface area contributed by atoms with E-state index in [1.54, 1.807) is 0 Å². The number of hydroxylamine groups is 2. The monoisotopic (exact) mass is 436 g/mol. The fourth-order valence-electron chi connectivity index (χ4n) is 3.72. The molecule has 2 aliphatic rings. The smallest absolute Gasteiger partial charge is 0.345 e. The summed E-state index contributed by atoms with van der Waals surface area (Å²) in [6, 6.07) is 6.98. The second-order valence-electron chi connectivity index (χ2n) is 7.01. The number of carbonyl (C=O) groups is 2. The predicted molar refractivity (Wildman–Crippen MR) is 101 cm³/mol. The van der Waals surface area contributed by atoms with E-state index in [-0.39, 0.29) is 26.3 Å². The van der Waals surface area contributed by atoms with Crippen LogP contribution in [0.4, 0.5) is 4.79 Å². The molecule has 0 saturated carbocycles. The Morgan fingerprint density at radius 1 is 1.30 bits per heavy atom. The van der Waals surface area contributed by atoms with Crippen molar-refractivity contribution in [2.45, 2.75) is 25.2 Å². The van der Waals surface area contributed by atoms with Gasteiger partial charge in [0.25, 0.3) is 10.1 Å². The van der Waals surface area contributed by atoms with Crippen molar-refractivity contribution in [3.05, 3.63) is 53.3 Å². The summed E-state index contributed by atoms with van der Waals surface area (Å²) in [4.78, 5) is 31.8. The minimum absolute atomic E-state index is 0.0196. The summed E-state index contributed by atoms with van der Waals surface area (Å²) in [5.74, 6) is -1.21. The van der Waals surface area contributed by atoms with E-state index >= 15 is 0 Å². The molecule has 0 aliphatic carbocycles. The van der Waals surface area contributed by atoms with Crippen molar-refractivity contribution in [1.82, 2.24) is 19.7 Å². The van der Waals surface area contributed by atoms with Gasteiger partial charge in [-0.25, -0.2) is 9.59 Å². The van der Waals surface area contributed by atoms with Crippen molar-refractivity contribution in [2.75, 3.05) is 19.4 Å². The lowest BCUT2D eigenvalue weighted by Crippen LogP contribution is -2.39. The van der Waals surface area contributed by atoms with Gasteiger partial charge in [-0.2, -0.15) is 18.6 Å². The van der Waals surface area contributed by atoms with Gasteiger partial charge >= 0.3 is 12.0 Å². The second kappa shape index (κ2) is 7.70. The Kier molecular flexibility index (Phi) is 5.22. The molecule has 1 aromatic carbocycles. The first-order valence-electron chi connectivity index (χ1n) is 9.16. The minimum Gasteiger partial charge on any atom is -0.479 e. The Balaban J connectivity index is 1.60. The van der Waals surface area contributed by atoms with Crippen molar-refractivity contribution in [1.29, 1.82) is 0 Å². The van der Waals surface area contributed by atoms with Gasteiger partial charge in [0.1, 0.15) is 12.6 Å². The highest BCUT2D eigenvalue weighted by Crippen LogP contribution is 2.44. The number of benzene rings is 1. The van der Waals surface area contributed by atoms with Crippen molar-refractivity contribution in [2.24, 2.45) is 0 Å². The molecule has 0 radical (unpaired) electrons. The van der Waals surface area contributed by atoms with Gasteiger partial charge in [-0.1, -0.05) is 30.3 Å². The number of amides is 2. The molecule has 2 atom stereocenters. The quantitative estimate of drug-likeness (QED) is 0.604. The van der Waals surface area contributed by atoms with Crippen LogP contribution >= 0.6 is 0 Å². The highest BCUT2D eigenvalue weighted by Gasteiger charge is 2.53. The standard InChI is InChI=1S/C18H20N4O7S/c1-30(26,27)29-8-7-21-15-13(9-19-21)14-10-20(16(15)17(23)24)18(25)22(14)28-11-12-5-3-2-4-6-12/h2-6,9,14,16H,7-8,10-11H2,1H3,(H,23,24)/t14-,16-/m0/s1. The zero-order valence-electron chi connectivity index (χ0n) is 16.0. The zero-order chi connectivity index (χ0) is 21.5. The van der Waals surface area contributed by atoms with Crippen LogP contribution in [-0.2, 0) is 37.1 Å². The van der Waals surface area contributed by atoms with Crippen molar-refractivity contribution in [3.63, 3.8) is 0 Å². The third kappa shape index (κ3) is 3.76. The van der Waals surface area contributed by atoms with Crippen LogP contribution in [0, 0.1) is 0 Å². The van der Waals surface area contributed by atoms with E-state index in [2.05, 4.69) is 5.10 Å². The highest BCUT2D eigenvalue weighted by molar-refractivity contribution is 7.85. The zero-order valence-corrected chi connectivity index (χ0v) is 16.9. The van der Waals surface area contributed by atoms with Gasteiger partial charge in [0.05, 0.1) is 37.8 Å². The van der Waals surface area contributed by atoms with Crippen LogP contribution in [0.3, 0.4) is 0 Å². The van der Waals surface area contributed by atoms with E-state index in [0.29, 0.717) is 11.3 Å². The molecular weight excluding hydrogens is 416 g/mol. The van der Waals surface area contributed by atoms with Crippen LogP contribution in [0.15, 0.2) is 36.5 Å². The highest BCUT2D eigenvalue weighted by atomic mass is 32.2. The fourth-order valence-corrected chi connectivity index (χ4v) is 4.10. The Morgan fingerprint density at radius 3 is 2.70 bits per heavy atom. The third-order valence-electron chi connectivity index (χ3n) is 4.97. The summed E-state index contributed by atoms with van der Waals surface area (Å²) in [5, 5.41) is 15.2. The number of urea groups is 1. The van der Waals surface area contributed by atoms with Crippen molar-refractivity contribution < 1.29 is 32.1 Å². The van der Waals surface area contributed by atoms with E-state index in [9.17, 15) is 23.1 Å².